The van der Waals surface area contributed by atoms with Crippen molar-refractivity contribution < 1.29 is 50.0 Å². The van der Waals surface area contributed by atoms with Crippen LogP contribution in [0.25, 0.3) is 0 Å². The Bertz CT molecular complexity index is 267. The summed E-state index contributed by atoms with van der Waals surface area (Å²) in [4.78, 5) is 20.8. The molecule has 0 N–H and O–H groups in total. The summed E-state index contributed by atoms with van der Waals surface area (Å²) in [6, 6.07) is 0. The number of ether oxygens (including phenoxy) is 1. The third-order valence-corrected chi connectivity index (χ3v) is 0.954. The summed E-state index contributed by atoms with van der Waals surface area (Å²) < 4.78 is 34.7. The van der Waals surface area contributed by atoms with E-state index in [9.17, 15) is 9.59 Å². The molecule has 0 aliphatic carbocycles. The molecule has 1 atom stereocenters. The van der Waals surface area contributed by atoms with Crippen LogP contribution in [-0.2, 0) is 50.0 Å². The summed E-state index contributed by atoms with van der Waals surface area (Å²) >= 11 is 0. The van der Waals surface area contributed by atoms with Crippen molar-refractivity contribution in [2.24, 2.45) is 0 Å². The Labute approximate surface area is 128 Å². The zero-order chi connectivity index (χ0) is 16.9. The van der Waals surface area contributed by atoms with E-state index in [2.05, 4.69) is 26.6 Å². The van der Waals surface area contributed by atoms with Gasteiger partial charge < -0.3 is 4.74 Å². The van der Waals surface area contributed by atoms with E-state index in [1.54, 1.807) is 13.3 Å². The van der Waals surface area contributed by atoms with Crippen LogP contribution in [-0.4, -0.2) is 17.9 Å². The van der Waals surface area contributed by atoms with Crippen LogP contribution in [0, 0.1) is 39.4 Å². The van der Waals surface area contributed by atoms with E-state index in [4.69, 9.17) is 23.3 Å². The van der Waals surface area contributed by atoms with Gasteiger partial charge in [0.2, 0.25) is 0 Å². The average molecular weight is 324 g/mol. The minimum Gasteiger partial charge on any atom is 0 e. The second-order valence-electron chi connectivity index (χ2n) is 2.28. The smallest absolute Gasteiger partial charge is 0 e. The fourth-order valence-corrected chi connectivity index (χ4v) is 0.572. The van der Waals surface area contributed by atoms with Crippen molar-refractivity contribution in [2.45, 2.75) is 26.9 Å². The zero-order valence-corrected chi connectivity index (χ0v) is 12.0. The number of hydrogen-bond acceptors (Lipinski definition) is 3. The molecule has 0 aromatic rings. The number of esters is 1. The van der Waals surface area contributed by atoms with Crippen molar-refractivity contribution in [3.8, 4) is 0 Å². The molecule has 1 unspecified atom stereocenters. The van der Waals surface area contributed by atoms with E-state index in [-0.39, 0.29) is 34.9 Å². The van der Waals surface area contributed by atoms with Crippen molar-refractivity contribution in [1.29, 1.82) is 0 Å². The van der Waals surface area contributed by atoms with Crippen LogP contribution in [0.2, 0.25) is 0 Å². The Morgan fingerprint density at radius 1 is 0.950 bits per heavy atom. The van der Waals surface area contributed by atoms with Gasteiger partial charge >= 0.3 is 51.2 Å². The van der Waals surface area contributed by atoms with Crippen LogP contribution >= 0.6 is 0 Å². The molecule has 0 saturated heterocycles. The summed E-state index contributed by atoms with van der Waals surface area (Å²) in [5, 5.41) is 0. The van der Waals surface area contributed by atoms with Gasteiger partial charge in [0.05, 0.1) is 0 Å². The molecule has 7 nitrogen and oxygen atoms in total. The predicted octanol–water partition coefficient (Wildman–Crippen LogP) is 0.783. The average Bonchev–Trinajstić information content (AvgIpc) is 2.45. The normalized spacial score (nSPS) is 7.15. The maximum atomic E-state index is 10.4. The van der Waals surface area contributed by atoms with Gasteiger partial charge in [-0.05, 0) is 13.8 Å². The van der Waals surface area contributed by atoms with E-state index in [1.165, 1.54) is 20.3 Å². The van der Waals surface area contributed by atoms with E-state index in [1.807, 2.05) is 0 Å². The van der Waals surface area contributed by atoms with Gasteiger partial charge in [-0.3, -0.25) is 9.59 Å². The maximum Gasteiger partial charge on any atom is 0 e. The van der Waals surface area contributed by atoms with Crippen LogP contribution in [0.1, 0.15) is 20.8 Å². The fourth-order valence-electron chi connectivity index (χ4n) is 0.572. The van der Waals surface area contributed by atoms with Gasteiger partial charge in [0.15, 0.2) is 0 Å². The summed E-state index contributed by atoms with van der Waals surface area (Å²) in [7, 11) is 0. The van der Waals surface area contributed by atoms with Crippen molar-refractivity contribution in [1.82, 2.24) is 0 Å². The number of hydrogen-bond donors (Lipinski definition) is 0. The Morgan fingerprint density at radius 2 is 1.25 bits per heavy atom. The topological polar surface area (TPSA) is 123 Å². The van der Waals surface area contributed by atoms with E-state index in [0.29, 0.717) is 0 Å². The monoisotopic (exact) mass is 324 g/mol. The second kappa shape index (κ2) is 43.2. The molecule has 0 rings (SSSR count). The third kappa shape index (κ3) is 69.8. The molecule has 8 heteroatoms. The molecule has 0 amide bonds. The molecule has 0 heterocycles. The molecule has 0 saturated carbocycles. The zero-order valence-electron chi connectivity index (χ0n) is 10.9. The number of ketones is 1. The summed E-state index contributed by atoms with van der Waals surface area (Å²) in [5.41, 5.74) is 0. The Morgan fingerprint density at radius 3 is 1.45 bits per heavy atom. The molecule has 0 aromatic heterocycles. The van der Waals surface area contributed by atoms with Gasteiger partial charge in [0.1, 0.15) is 11.9 Å². The number of rotatable bonds is 4. The Hall–Kier alpha value is -1.38. The Kier molecular flexibility index (Phi) is 78.3. The number of carbonyl (C=O) groups excluding carboxylic acids is 2. The van der Waals surface area contributed by atoms with E-state index < -0.39 is 0 Å². The fraction of sp³-hybridized carbons (Fsp3) is 0.333. The van der Waals surface area contributed by atoms with Gasteiger partial charge in [-0.1, -0.05) is 0 Å². The molecular formula is C12H12FeO7. The van der Waals surface area contributed by atoms with E-state index in [0.717, 1.165) is 0 Å². The third-order valence-electron chi connectivity index (χ3n) is 0.954. The largest absolute Gasteiger partial charge is 0 e. The first kappa shape index (κ1) is 36.3. The first-order valence-electron chi connectivity index (χ1n) is 4.20. The summed E-state index contributed by atoms with van der Waals surface area (Å²) in [5.74, 6) is -0.394. The van der Waals surface area contributed by atoms with Crippen LogP contribution in [0.4, 0.5) is 0 Å². The SMILES string of the molecule is CC(=O)[CH][CH]C(C)OC(C)=O.[C-]#[O+].[C-]#[O+].[C-]#[O+].[C-]#[O+].[Fe]. The van der Waals surface area contributed by atoms with Crippen molar-refractivity contribution in [3.05, 3.63) is 39.4 Å². The molecule has 0 aliphatic heterocycles. The first-order valence-corrected chi connectivity index (χ1v) is 4.20. The Balaban J connectivity index is -0.0000000467. The maximum absolute atomic E-state index is 10.4. The van der Waals surface area contributed by atoms with Gasteiger partial charge in [0, 0.05) is 36.8 Å². The quantitative estimate of drug-likeness (QED) is 0.328. The number of carbonyl (C=O) groups is 2. The van der Waals surface area contributed by atoms with E-state index >= 15 is 0 Å². The van der Waals surface area contributed by atoms with Gasteiger partial charge in [0.25, 0.3) is 0 Å². The molecule has 0 aliphatic rings. The van der Waals surface area contributed by atoms with Crippen LogP contribution in [0.5, 0.6) is 0 Å². The van der Waals surface area contributed by atoms with Crippen LogP contribution < -0.4 is 0 Å². The van der Waals surface area contributed by atoms with Gasteiger partial charge in [-0.15, -0.1) is 0 Å². The van der Waals surface area contributed by atoms with Crippen molar-refractivity contribution >= 4 is 11.8 Å². The summed E-state index contributed by atoms with van der Waals surface area (Å²) in [6.45, 7) is 22.5. The van der Waals surface area contributed by atoms with Crippen LogP contribution in [0.15, 0.2) is 0 Å². The van der Waals surface area contributed by atoms with Crippen molar-refractivity contribution in [2.75, 3.05) is 0 Å². The number of Topliss-reactive ketones (excluding diaryl/α,β-unsaturated/α-hetero) is 1. The molecule has 0 bridgehead atoms. The minimum atomic E-state index is -0.342. The summed E-state index contributed by atoms with van der Waals surface area (Å²) in [6.07, 6.45) is 2.61. The van der Waals surface area contributed by atoms with Gasteiger partial charge in [-0.25, -0.2) is 0 Å². The first-order chi connectivity index (χ1) is 9.02. The molecule has 0 fully saturated rings. The predicted molar refractivity (Wildman–Crippen MR) is 56.2 cm³/mol. The molecular weight excluding hydrogens is 312 g/mol. The molecule has 20 heavy (non-hydrogen) atoms. The van der Waals surface area contributed by atoms with Gasteiger partial charge in [-0.2, -0.15) is 0 Å². The molecule has 110 valence electrons. The molecule has 0 aromatic carbocycles. The van der Waals surface area contributed by atoms with Crippen molar-refractivity contribution in [3.63, 3.8) is 0 Å². The second-order valence-corrected chi connectivity index (χ2v) is 2.28. The van der Waals surface area contributed by atoms with Crippen LogP contribution in [0.3, 0.4) is 0 Å². The molecule has 2 radical (unpaired) electrons. The molecule has 0 spiro atoms. The standard InChI is InChI=1S/C8H12O3.4CO.Fe/c1-6(9)4-5-7(2)11-8(3)10;4*1-2;/h4-5,7H,1-3H3;;;;;. The minimum absolute atomic E-state index is 0.